The van der Waals surface area contributed by atoms with E-state index in [0.717, 1.165) is 61.6 Å². The zero-order valence-electron chi connectivity index (χ0n) is 21.1. The first kappa shape index (κ1) is 26.2. The predicted octanol–water partition coefficient (Wildman–Crippen LogP) is 5.94. The third kappa shape index (κ3) is 6.88. The molecular formula is C30H35ClN2O3. The Morgan fingerprint density at radius 2 is 1.64 bits per heavy atom. The quantitative estimate of drug-likeness (QED) is 0.341. The molecule has 1 aliphatic heterocycles. The van der Waals surface area contributed by atoms with Crippen molar-refractivity contribution in [1.29, 1.82) is 0 Å². The molecule has 1 amide bonds. The van der Waals surface area contributed by atoms with Crippen LogP contribution in [0, 0.1) is 0 Å². The van der Waals surface area contributed by atoms with E-state index in [1.54, 1.807) is 7.11 Å². The second kappa shape index (κ2) is 12.9. The summed E-state index contributed by atoms with van der Waals surface area (Å²) in [6.45, 7) is 6.42. The number of carbonyl (C=O) groups excluding carboxylic acids is 1. The summed E-state index contributed by atoms with van der Waals surface area (Å²) >= 11 is 6.14. The highest BCUT2D eigenvalue weighted by molar-refractivity contribution is 6.30. The van der Waals surface area contributed by atoms with E-state index < -0.39 is 0 Å². The Balaban J connectivity index is 1.38. The van der Waals surface area contributed by atoms with Crippen molar-refractivity contribution in [3.8, 4) is 5.75 Å². The Morgan fingerprint density at radius 3 is 2.31 bits per heavy atom. The summed E-state index contributed by atoms with van der Waals surface area (Å²) in [6.07, 6.45) is 0.697. The van der Waals surface area contributed by atoms with Crippen LogP contribution in [0.5, 0.6) is 5.75 Å². The van der Waals surface area contributed by atoms with Crippen molar-refractivity contribution in [2.75, 3.05) is 39.8 Å². The van der Waals surface area contributed by atoms with E-state index in [9.17, 15) is 4.79 Å². The SMILES string of the molecule is CC[C@H](C(=O)N1CCN(C[C@H](OCc2cccc(OC)c2)c2ccc(Cl)cc2)CC1)c1ccccc1. The second-order valence-electron chi connectivity index (χ2n) is 9.20. The van der Waals surface area contributed by atoms with E-state index in [-0.39, 0.29) is 17.9 Å². The topological polar surface area (TPSA) is 42.0 Å². The van der Waals surface area contributed by atoms with Crippen LogP contribution >= 0.6 is 11.6 Å². The molecule has 1 saturated heterocycles. The lowest BCUT2D eigenvalue weighted by atomic mass is 9.95. The van der Waals surface area contributed by atoms with E-state index in [0.29, 0.717) is 11.6 Å². The minimum Gasteiger partial charge on any atom is -0.497 e. The lowest BCUT2D eigenvalue weighted by molar-refractivity contribution is -0.135. The van der Waals surface area contributed by atoms with Gasteiger partial charge >= 0.3 is 0 Å². The molecule has 0 saturated carbocycles. The largest absolute Gasteiger partial charge is 0.497 e. The normalized spacial score (nSPS) is 15.9. The molecule has 3 aromatic carbocycles. The van der Waals surface area contributed by atoms with Crippen molar-refractivity contribution in [2.45, 2.75) is 32.0 Å². The van der Waals surface area contributed by atoms with E-state index in [4.69, 9.17) is 21.1 Å². The number of amides is 1. The fraction of sp³-hybridized carbons (Fsp3) is 0.367. The van der Waals surface area contributed by atoms with E-state index in [1.165, 1.54) is 0 Å². The molecule has 1 fully saturated rings. The third-order valence-corrected chi connectivity index (χ3v) is 7.10. The molecule has 4 rings (SSSR count). The van der Waals surface area contributed by atoms with Crippen LogP contribution < -0.4 is 4.74 Å². The highest BCUT2D eigenvalue weighted by Gasteiger charge is 2.28. The van der Waals surface area contributed by atoms with Gasteiger partial charge in [0.2, 0.25) is 5.91 Å². The molecule has 0 unspecified atom stereocenters. The Kier molecular flexibility index (Phi) is 9.40. The molecule has 0 radical (unpaired) electrons. The second-order valence-corrected chi connectivity index (χ2v) is 9.64. The Labute approximate surface area is 219 Å². The number of halogens is 1. The molecule has 0 aliphatic carbocycles. The van der Waals surface area contributed by atoms with Crippen LogP contribution in [0.2, 0.25) is 5.02 Å². The Hall–Kier alpha value is -2.86. The van der Waals surface area contributed by atoms with Gasteiger partial charge in [-0.25, -0.2) is 0 Å². The summed E-state index contributed by atoms with van der Waals surface area (Å²) < 4.78 is 11.8. The lowest BCUT2D eigenvalue weighted by Gasteiger charge is -2.38. The van der Waals surface area contributed by atoms with Gasteiger partial charge in [0.15, 0.2) is 0 Å². The first-order chi connectivity index (χ1) is 17.6. The summed E-state index contributed by atoms with van der Waals surface area (Å²) in [4.78, 5) is 17.7. The van der Waals surface area contributed by atoms with Gasteiger partial charge in [0.05, 0.1) is 25.7 Å². The molecule has 0 N–H and O–H groups in total. The number of carbonyl (C=O) groups is 1. The maximum atomic E-state index is 13.3. The van der Waals surface area contributed by atoms with E-state index in [1.807, 2.05) is 71.6 Å². The molecule has 36 heavy (non-hydrogen) atoms. The number of hydrogen-bond donors (Lipinski definition) is 0. The molecule has 3 aromatic rings. The van der Waals surface area contributed by atoms with Gasteiger partial charge in [-0.1, -0.05) is 73.1 Å². The standard InChI is InChI=1S/C30H35ClN2O3/c1-3-28(24-9-5-4-6-10-24)30(34)33-18-16-32(17-19-33)21-29(25-12-14-26(31)15-13-25)36-22-23-8-7-11-27(20-23)35-2/h4-15,20,28-29H,3,16-19,21-22H2,1-2H3/t28-,29-/m0/s1. The maximum Gasteiger partial charge on any atom is 0.230 e. The van der Waals surface area contributed by atoms with E-state index in [2.05, 4.69) is 24.0 Å². The van der Waals surface area contributed by atoms with Crippen LogP contribution in [-0.2, 0) is 16.1 Å². The number of nitrogens with zero attached hydrogens (tertiary/aromatic N) is 2. The van der Waals surface area contributed by atoms with Crippen LogP contribution in [0.1, 0.15) is 42.1 Å². The predicted molar refractivity (Wildman–Crippen MR) is 144 cm³/mol. The highest BCUT2D eigenvalue weighted by atomic mass is 35.5. The third-order valence-electron chi connectivity index (χ3n) is 6.84. The van der Waals surface area contributed by atoms with E-state index >= 15 is 0 Å². The molecule has 0 spiro atoms. The molecule has 6 heteroatoms. The molecule has 190 valence electrons. The van der Waals surface area contributed by atoms with Crippen molar-refractivity contribution < 1.29 is 14.3 Å². The average Bonchev–Trinajstić information content (AvgIpc) is 2.93. The molecule has 0 bridgehead atoms. The summed E-state index contributed by atoms with van der Waals surface area (Å²) in [5.74, 6) is 0.971. The van der Waals surface area contributed by atoms with Gasteiger partial charge in [-0.15, -0.1) is 0 Å². The molecule has 5 nitrogen and oxygen atoms in total. The van der Waals surface area contributed by atoms with Gasteiger partial charge in [0.1, 0.15) is 5.75 Å². The number of rotatable bonds is 10. The summed E-state index contributed by atoms with van der Waals surface area (Å²) in [6, 6.07) is 25.9. The lowest BCUT2D eigenvalue weighted by Crippen LogP contribution is -2.50. The van der Waals surface area contributed by atoms with Crippen LogP contribution in [0.15, 0.2) is 78.9 Å². The zero-order valence-corrected chi connectivity index (χ0v) is 21.9. The van der Waals surface area contributed by atoms with Gasteiger partial charge < -0.3 is 14.4 Å². The van der Waals surface area contributed by atoms with Gasteiger partial charge in [-0.2, -0.15) is 0 Å². The van der Waals surface area contributed by atoms with Crippen LogP contribution in [0.3, 0.4) is 0 Å². The van der Waals surface area contributed by atoms with Gasteiger partial charge in [-0.3, -0.25) is 9.69 Å². The zero-order chi connectivity index (χ0) is 25.3. The van der Waals surface area contributed by atoms with Gasteiger partial charge in [0, 0.05) is 37.7 Å². The number of benzene rings is 3. The summed E-state index contributed by atoms with van der Waals surface area (Å²) in [7, 11) is 1.67. The van der Waals surface area contributed by atoms with Crippen LogP contribution in [0.4, 0.5) is 0 Å². The van der Waals surface area contributed by atoms with Crippen molar-refractivity contribution in [1.82, 2.24) is 9.80 Å². The van der Waals surface area contributed by atoms with Gasteiger partial charge in [-0.05, 0) is 47.4 Å². The van der Waals surface area contributed by atoms with Crippen LogP contribution in [-0.4, -0.2) is 55.5 Å². The summed E-state index contributed by atoms with van der Waals surface area (Å²) in [5, 5.41) is 0.710. The average molecular weight is 507 g/mol. The summed E-state index contributed by atoms with van der Waals surface area (Å²) in [5.41, 5.74) is 3.26. The molecule has 0 aromatic heterocycles. The van der Waals surface area contributed by atoms with Crippen LogP contribution in [0.25, 0.3) is 0 Å². The number of hydrogen-bond acceptors (Lipinski definition) is 4. The van der Waals surface area contributed by atoms with Crippen molar-refractivity contribution in [3.05, 3.63) is 101 Å². The number of ether oxygens (including phenoxy) is 2. The minimum absolute atomic E-state index is 0.0780. The monoisotopic (exact) mass is 506 g/mol. The van der Waals surface area contributed by atoms with Crippen molar-refractivity contribution >= 4 is 17.5 Å². The molecular weight excluding hydrogens is 472 g/mol. The highest BCUT2D eigenvalue weighted by Crippen LogP contribution is 2.26. The number of piperazine rings is 1. The van der Waals surface area contributed by atoms with Crippen molar-refractivity contribution in [3.63, 3.8) is 0 Å². The first-order valence-corrected chi connectivity index (χ1v) is 13.0. The molecule has 1 aliphatic rings. The maximum absolute atomic E-state index is 13.3. The Morgan fingerprint density at radius 1 is 0.917 bits per heavy atom. The van der Waals surface area contributed by atoms with Crippen molar-refractivity contribution in [2.24, 2.45) is 0 Å². The van der Waals surface area contributed by atoms with Gasteiger partial charge in [0.25, 0.3) is 0 Å². The number of methoxy groups -OCH3 is 1. The smallest absolute Gasteiger partial charge is 0.230 e. The first-order valence-electron chi connectivity index (χ1n) is 12.6. The Bertz CT molecular complexity index is 1100. The molecule has 2 atom stereocenters. The fourth-order valence-electron chi connectivity index (χ4n) is 4.73. The fourth-order valence-corrected chi connectivity index (χ4v) is 4.86. The molecule has 1 heterocycles. The minimum atomic E-state index is -0.108.